The molecule has 0 saturated heterocycles. The molecule has 0 fully saturated rings. The zero-order valence-electron chi connectivity index (χ0n) is 6.10. The van der Waals surface area contributed by atoms with E-state index in [1.807, 2.05) is 0 Å². The highest BCUT2D eigenvalue weighted by molar-refractivity contribution is 6.17. The van der Waals surface area contributed by atoms with E-state index in [4.69, 9.17) is 16.7 Å². The summed E-state index contributed by atoms with van der Waals surface area (Å²) in [4.78, 5) is 0. The summed E-state index contributed by atoms with van der Waals surface area (Å²) >= 11 is 5.42. The molecule has 56 valence electrons. The van der Waals surface area contributed by atoms with E-state index >= 15 is 0 Å². The second-order valence-corrected chi connectivity index (χ2v) is 3.14. The van der Waals surface area contributed by atoms with Crippen LogP contribution in [-0.2, 0) is 0 Å². The largest absolute Gasteiger partial charge is 0.393 e. The number of alkyl halides is 1. The third-order valence-electron chi connectivity index (χ3n) is 1.19. The normalized spacial score (nSPS) is 14.3. The van der Waals surface area contributed by atoms with Crippen molar-refractivity contribution < 1.29 is 5.11 Å². The lowest BCUT2D eigenvalue weighted by atomic mass is 10.0. The van der Waals surface area contributed by atoms with Gasteiger partial charge in [-0.3, -0.25) is 0 Å². The van der Waals surface area contributed by atoms with Crippen molar-refractivity contribution in [3.63, 3.8) is 0 Å². The minimum atomic E-state index is -0.192. The van der Waals surface area contributed by atoms with Crippen molar-refractivity contribution in [3.8, 4) is 0 Å². The molecule has 0 bridgehead atoms. The summed E-state index contributed by atoms with van der Waals surface area (Å²) in [5.74, 6) is 1.14. The molecule has 0 rings (SSSR count). The van der Waals surface area contributed by atoms with E-state index in [1.165, 1.54) is 0 Å². The molecule has 1 nitrogen and oxygen atoms in total. The van der Waals surface area contributed by atoms with E-state index in [-0.39, 0.29) is 6.10 Å². The van der Waals surface area contributed by atoms with Crippen LogP contribution >= 0.6 is 11.6 Å². The second kappa shape index (κ2) is 5.07. The maximum atomic E-state index is 9.14. The van der Waals surface area contributed by atoms with Crippen LogP contribution in [0, 0.1) is 5.92 Å². The van der Waals surface area contributed by atoms with Gasteiger partial charge in [0, 0.05) is 5.88 Å². The number of hydrogen-bond acceptors (Lipinski definition) is 1. The van der Waals surface area contributed by atoms with Crippen LogP contribution in [0.25, 0.3) is 0 Å². The fourth-order valence-electron chi connectivity index (χ4n) is 0.788. The van der Waals surface area contributed by atoms with Gasteiger partial charge in [0.1, 0.15) is 0 Å². The smallest absolute Gasteiger partial charge is 0.0554 e. The summed E-state index contributed by atoms with van der Waals surface area (Å²) < 4.78 is 0. The van der Waals surface area contributed by atoms with Crippen LogP contribution in [0.4, 0.5) is 0 Å². The van der Waals surface area contributed by atoms with Crippen molar-refractivity contribution in [1.29, 1.82) is 0 Å². The SMILES string of the molecule is CC(C)CC(O)CCCl. The third-order valence-corrected chi connectivity index (χ3v) is 1.40. The molecule has 0 aromatic heterocycles. The van der Waals surface area contributed by atoms with Gasteiger partial charge in [-0.2, -0.15) is 0 Å². The first kappa shape index (κ1) is 9.25. The summed E-state index contributed by atoms with van der Waals surface area (Å²) in [6.45, 7) is 4.19. The minimum absolute atomic E-state index is 0.192. The summed E-state index contributed by atoms with van der Waals surface area (Å²) in [7, 11) is 0. The molecule has 0 heterocycles. The summed E-state index contributed by atoms with van der Waals surface area (Å²) in [6.07, 6.45) is 1.40. The number of aliphatic hydroxyl groups is 1. The topological polar surface area (TPSA) is 20.2 Å². The Kier molecular flexibility index (Phi) is 5.21. The molecule has 1 N–H and O–H groups in total. The van der Waals surface area contributed by atoms with Crippen molar-refractivity contribution >= 4 is 11.6 Å². The van der Waals surface area contributed by atoms with Gasteiger partial charge >= 0.3 is 0 Å². The van der Waals surface area contributed by atoms with Crippen molar-refractivity contribution in [2.45, 2.75) is 32.8 Å². The fraction of sp³-hybridized carbons (Fsp3) is 1.00. The Balaban J connectivity index is 3.15. The lowest BCUT2D eigenvalue weighted by Gasteiger charge is -2.09. The summed E-state index contributed by atoms with van der Waals surface area (Å²) in [5, 5.41) is 9.14. The standard InChI is InChI=1S/C7H15ClO/c1-6(2)5-7(9)3-4-8/h6-7,9H,3-5H2,1-2H3. The number of aliphatic hydroxyl groups excluding tert-OH is 1. The molecule has 0 spiro atoms. The van der Waals surface area contributed by atoms with Crippen molar-refractivity contribution in [2.75, 3.05) is 5.88 Å². The lowest BCUT2D eigenvalue weighted by molar-refractivity contribution is 0.145. The van der Waals surface area contributed by atoms with Gasteiger partial charge in [0.15, 0.2) is 0 Å². The Labute approximate surface area is 62.0 Å². The van der Waals surface area contributed by atoms with E-state index in [1.54, 1.807) is 0 Å². The Morgan fingerprint density at radius 2 is 2.00 bits per heavy atom. The van der Waals surface area contributed by atoms with Crippen molar-refractivity contribution in [1.82, 2.24) is 0 Å². The Hall–Kier alpha value is 0.250. The lowest BCUT2D eigenvalue weighted by Crippen LogP contribution is -2.10. The molecule has 0 radical (unpaired) electrons. The van der Waals surface area contributed by atoms with Gasteiger partial charge in [0.2, 0.25) is 0 Å². The van der Waals surface area contributed by atoms with E-state index in [0.29, 0.717) is 11.8 Å². The Morgan fingerprint density at radius 1 is 1.44 bits per heavy atom. The molecule has 0 aromatic carbocycles. The molecule has 0 aromatic rings. The third kappa shape index (κ3) is 6.13. The monoisotopic (exact) mass is 150 g/mol. The van der Waals surface area contributed by atoms with Gasteiger partial charge in [-0.25, -0.2) is 0 Å². The average Bonchev–Trinajstić information content (AvgIpc) is 1.63. The second-order valence-electron chi connectivity index (χ2n) is 2.76. The molecule has 0 aliphatic heterocycles. The van der Waals surface area contributed by atoms with Gasteiger partial charge < -0.3 is 5.11 Å². The van der Waals surface area contributed by atoms with Crippen molar-refractivity contribution in [2.24, 2.45) is 5.92 Å². The zero-order chi connectivity index (χ0) is 7.28. The number of hydrogen-bond donors (Lipinski definition) is 1. The zero-order valence-corrected chi connectivity index (χ0v) is 6.86. The van der Waals surface area contributed by atoms with Gasteiger partial charge in [0.25, 0.3) is 0 Å². The first-order chi connectivity index (χ1) is 4.16. The van der Waals surface area contributed by atoms with Crippen molar-refractivity contribution in [3.05, 3.63) is 0 Å². The van der Waals surface area contributed by atoms with Gasteiger partial charge in [-0.05, 0) is 18.8 Å². The van der Waals surface area contributed by atoms with Gasteiger partial charge in [0.05, 0.1) is 6.10 Å². The molecule has 0 saturated carbocycles. The molecular weight excluding hydrogens is 136 g/mol. The first-order valence-corrected chi connectivity index (χ1v) is 3.94. The minimum Gasteiger partial charge on any atom is -0.393 e. The van der Waals surface area contributed by atoms with Crippen LogP contribution in [0.1, 0.15) is 26.7 Å². The summed E-state index contributed by atoms with van der Waals surface area (Å²) in [6, 6.07) is 0. The average molecular weight is 151 g/mol. The van der Waals surface area contributed by atoms with E-state index in [2.05, 4.69) is 13.8 Å². The number of rotatable bonds is 4. The molecular formula is C7H15ClO. The highest BCUT2D eigenvalue weighted by atomic mass is 35.5. The van der Waals surface area contributed by atoms with E-state index < -0.39 is 0 Å². The number of halogens is 1. The first-order valence-electron chi connectivity index (χ1n) is 3.40. The molecule has 1 unspecified atom stereocenters. The molecule has 0 amide bonds. The van der Waals surface area contributed by atoms with Gasteiger partial charge in [-0.15, -0.1) is 11.6 Å². The molecule has 0 aliphatic carbocycles. The Bertz CT molecular complexity index is 63.9. The van der Waals surface area contributed by atoms with Crippen LogP contribution in [0.2, 0.25) is 0 Å². The molecule has 1 atom stereocenters. The maximum absolute atomic E-state index is 9.14. The molecule has 9 heavy (non-hydrogen) atoms. The van der Waals surface area contributed by atoms with Crippen LogP contribution in [0.5, 0.6) is 0 Å². The molecule has 0 aliphatic rings. The van der Waals surface area contributed by atoms with Crippen LogP contribution in [-0.4, -0.2) is 17.1 Å². The molecule has 2 heteroatoms. The maximum Gasteiger partial charge on any atom is 0.0554 e. The van der Waals surface area contributed by atoms with Crippen LogP contribution < -0.4 is 0 Å². The fourth-order valence-corrected chi connectivity index (χ4v) is 1.04. The Morgan fingerprint density at radius 3 is 2.33 bits per heavy atom. The van der Waals surface area contributed by atoms with Crippen LogP contribution in [0.15, 0.2) is 0 Å². The highest BCUT2D eigenvalue weighted by Crippen LogP contribution is 2.07. The highest BCUT2D eigenvalue weighted by Gasteiger charge is 2.04. The van der Waals surface area contributed by atoms with E-state index in [9.17, 15) is 0 Å². The van der Waals surface area contributed by atoms with E-state index in [0.717, 1.165) is 12.8 Å². The van der Waals surface area contributed by atoms with Gasteiger partial charge in [-0.1, -0.05) is 13.8 Å². The quantitative estimate of drug-likeness (QED) is 0.608. The predicted molar refractivity (Wildman–Crippen MR) is 40.8 cm³/mol. The van der Waals surface area contributed by atoms with Crippen LogP contribution in [0.3, 0.4) is 0 Å². The summed E-state index contributed by atoms with van der Waals surface area (Å²) in [5.41, 5.74) is 0. The predicted octanol–water partition coefficient (Wildman–Crippen LogP) is 2.02.